The lowest BCUT2D eigenvalue weighted by Gasteiger charge is -2.30. The van der Waals surface area contributed by atoms with Crippen molar-refractivity contribution in [3.63, 3.8) is 0 Å². The van der Waals surface area contributed by atoms with Gasteiger partial charge in [0, 0.05) is 0 Å². The predicted octanol–water partition coefficient (Wildman–Crippen LogP) is 5.23. The molecule has 1 radical (unpaired) electrons. The molecule has 0 spiro atoms. The highest BCUT2D eigenvalue weighted by Crippen LogP contribution is 2.32. The van der Waals surface area contributed by atoms with Crippen molar-refractivity contribution < 1.29 is 0 Å². The van der Waals surface area contributed by atoms with Gasteiger partial charge in [-0.3, -0.25) is 0 Å². The molecule has 0 heteroatoms. The van der Waals surface area contributed by atoms with Crippen LogP contribution in [0, 0.1) is 17.8 Å². The first-order valence-corrected chi connectivity index (χ1v) is 6.35. The van der Waals surface area contributed by atoms with Gasteiger partial charge in [0.15, 0.2) is 0 Å². The first-order chi connectivity index (χ1) is 6.54. The van der Waals surface area contributed by atoms with Crippen molar-refractivity contribution in [1.29, 1.82) is 0 Å². The molecule has 0 aromatic rings. The van der Waals surface area contributed by atoms with Crippen LogP contribution in [-0.2, 0) is 0 Å². The molecule has 0 aliphatic rings. The Bertz CT molecular complexity index is 124. The van der Waals surface area contributed by atoms with Crippen LogP contribution < -0.4 is 0 Å². The maximum absolute atomic E-state index is 2.39. The molecule has 14 heavy (non-hydrogen) atoms. The first-order valence-electron chi connectivity index (χ1n) is 6.35. The van der Waals surface area contributed by atoms with Crippen LogP contribution in [0.15, 0.2) is 0 Å². The van der Waals surface area contributed by atoms with Crippen molar-refractivity contribution in [2.45, 2.75) is 73.1 Å². The van der Waals surface area contributed by atoms with Gasteiger partial charge in [-0.05, 0) is 17.8 Å². The predicted molar refractivity (Wildman–Crippen MR) is 66.3 cm³/mol. The fraction of sp³-hybridized carbons (Fsp3) is 0.929. The maximum atomic E-state index is 2.39. The van der Waals surface area contributed by atoms with Crippen LogP contribution in [-0.4, -0.2) is 0 Å². The number of rotatable bonds is 8. The zero-order chi connectivity index (χ0) is 11.0. The standard InChI is InChI=1S/C14H29/c1-6-8-9-10-11-12-13(3)14(4,5)7-2/h7,13H,6,8-12H2,1-5H3. The molecular weight excluding hydrogens is 168 g/mol. The largest absolute Gasteiger partial charge is 0.0654 e. The minimum atomic E-state index is 0.421. The molecule has 1 atom stereocenters. The highest BCUT2D eigenvalue weighted by molar-refractivity contribution is 4.85. The average molecular weight is 197 g/mol. The van der Waals surface area contributed by atoms with Crippen LogP contribution in [0.4, 0.5) is 0 Å². The Morgan fingerprint density at radius 1 is 1.07 bits per heavy atom. The number of hydrogen-bond acceptors (Lipinski definition) is 0. The number of unbranched alkanes of at least 4 members (excludes halogenated alkanes) is 4. The summed E-state index contributed by atoms with van der Waals surface area (Å²) in [5, 5.41) is 0. The number of hydrogen-bond donors (Lipinski definition) is 0. The van der Waals surface area contributed by atoms with Gasteiger partial charge in [-0.25, -0.2) is 0 Å². The third-order valence-electron chi connectivity index (χ3n) is 3.75. The van der Waals surface area contributed by atoms with Gasteiger partial charge in [0.05, 0.1) is 0 Å². The topological polar surface area (TPSA) is 0 Å². The summed E-state index contributed by atoms with van der Waals surface area (Å²) < 4.78 is 0. The van der Waals surface area contributed by atoms with E-state index in [1.807, 2.05) is 0 Å². The second-order valence-electron chi connectivity index (χ2n) is 5.21. The Morgan fingerprint density at radius 3 is 2.14 bits per heavy atom. The van der Waals surface area contributed by atoms with Crippen molar-refractivity contribution in [2.75, 3.05) is 0 Å². The SMILES string of the molecule is C[CH]C(C)(C)C(C)CCCCCCC. The molecule has 0 bridgehead atoms. The lowest BCUT2D eigenvalue weighted by Crippen LogP contribution is -2.20. The van der Waals surface area contributed by atoms with Crippen LogP contribution in [0.2, 0.25) is 0 Å². The van der Waals surface area contributed by atoms with Crippen LogP contribution in [0.25, 0.3) is 0 Å². The molecule has 85 valence electrons. The average Bonchev–Trinajstić information content (AvgIpc) is 2.17. The summed E-state index contributed by atoms with van der Waals surface area (Å²) in [6.07, 6.45) is 10.8. The summed E-state index contributed by atoms with van der Waals surface area (Å²) >= 11 is 0. The van der Waals surface area contributed by atoms with Gasteiger partial charge in [0.25, 0.3) is 0 Å². The Kier molecular flexibility index (Phi) is 7.31. The lowest BCUT2D eigenvalue weighted by molar-refractivity contribution is 0.258. The van der Waals surface area contributed by atoms with Crippen molar-refractivity contribution >= 4 is 0 Å². The summed E-state index contributed by atoms with van der Waals surface area (Å²) in [6.45, 7) is 11.6. The minimum Gasteiger partial charge on any atom is -0.0654 e. The second-order valence-corrected chi connectivity index (χ2v) is 5.21. The molecule has 0 N–H and O–H groups in total. The molecule has 0 saturated carbocycles. The van der Waals surface area contributed by atoms with Gasteiger partial charge < -0.3 is 0 Å². The van der Waals surface area contributed by atoms with E-state index < -0.39 is 0 Å². The molecule has 0 aliphatic carbocycles. The monoisotopic (exact) mass is 197 g/mol. The van der Waals surface area contributed by atoms with E-state index >= 15 is 0 Å². The van der Waals surface area contributed by atoms with Gasteiger partial charge >= 0.3 is 0 Å². The van der Waals surface area contributed by atoms with Crippen LogP contribution in [0.3, 0.4) is 0 Å². The van der Waals surface area contributed by atoms with Gasteiger partial charge in [-0.2, -0.15) is 0 Å². The minimum absolute atomic E-state index is 0.421. The normalized spacial score (nSPS) is 14.4. The summed E-state index contributed by atoms with van der Waals surface area (Å²) in [6, 6.07) is 0. The molecule has 0 aliphatic heterocycles. The summed E-state index contributed by atoms with van der Waals surface area (Å²) in [5.41, 5.74) is 0.421. The molecule has 0 saturated heterocycles. The van der Waals surface area contributed by atoms with E-state index in [0.717, 1.165) is 5.92 Å². The molecule has 0 amide bonds. The Labute approximate surface area is 91.5 Å². The summed E-state index contributed by atoms with van der Waals surface area (Å²) in [5.74, 6) is 0.828. The molecule has 0 aromatic heterocycles. The molecule has 0 fully saturated rings. The van der Waals surface area contributed by atoms with E-state index in [4.69, 9.17) is 0 Å². The van der Waals surface area contributed by atoms with Gasteiger partial charge in [0.2, 0.25) is 0 Å². The van der Waals surface area contributed by atoms with Gasteiger partial charge in [0.1, 0.15) is 0 Å². The Morgan fingerprint density at radius 2 is 1.64 bits per heavy atom. The maximum Gasteiger partial charge on any atom is -0.0300 e. The Hall–Kier alpha value is 0. The molecule has 0 heterocycles. The molecular formula is C14H29. The van der Waals surface area contributed by atoms with Crippen molar-refractivity contribution in [3.05, 3.63) is 6.42 Å². The fourth-order valence-electron chi connectivity index (χ4n) is 1.71. The van der Waals surface area contributed by atoms with Crippen molar-refractivity contribution in [3.8, 4) is 0 Å². The van der Waals surface area contributed by atoms with Crippen molar-refractivity contribution in [2.24, 2.45) is 11.3 Å². The Balaban J connectivity index is 3.48. The first kappa shape index (κ1) is 14.0. The smallest absolute Gasteiger partial charge is 0.0300 e. The van der Waals surface area contributed by atoms with Crippen LogP contribution in [0.1, 0.15) is 73.1 Å². The highest BCUT2D eigenvalue weighted by atomic mass is 14.3. The van der Waals surface area contributed by atoms with Crippen LogP contribution >= 0.6 is 0 Å². The zero-order valence-corrected chi connectivity index (χ0v) is 10.9. The zero-order valence-electron chi connectivity index (χ0n) is 10.9. The van der Waals surface area contributed by atoms with E-state index in [1.54, 1.807) is 0 Å². The van der Waals surface area contributed by atoms with Crippen molar-refractivity contribution in [1.82, 2.24) is 0 Å². The van der Waals surface area contributed by atoms with Gasteiger partial charge in [-0.1, -0.05) is 73.1 Å². The fourth-order valence-corrected chi connectivity index (χ4v) is 1.71. The molecule has 0 aromatic carbocycles. The second kappa shape index (κ2) is 7.31. The van der Waals surface area contributed by atoms with E-state index in [1.165, 1.54) is 38.5 Å². The highest BCUT2D eigenvalue weighted by Gasteiger charge is 2.22. The van der Waals surface area contributed by atoms with Gasteiger partial charge in [-0.15, -0.1) is 0 Å². The quantitative estimate of drug-likeness (QED) is 0.467. The summed E-state index contributed by atoms with van der Waals surface area (Å²) in [7, 11) is 0. The summed E-state index contributed by atoms with van der Waals surface area (Å²) in [4.78, 5) is 0. The lowest BCUT2D eigenvalue weighted by atomic mass is 9.75. The van der Waals surface area contributed by atoms with E-state index in [-0.39, 0.29) is 0 Å². The third-order valence-corrected chi connectivity index (χ3v) is 3.75. The molecule has 0 rings (SSSR count). The third kappa shape index (κ3) is 5.67. The van der Waals surface area contributed by atoms with Crippen LogP contribution in [0.5, 0.6) is 0 Å². The van der Waals surface area contributed by atoms with E-state index in [2.05, 4.69) is 41.0 Å². The molecule has 1 unspecified atom stereocenters. The van der Waals surface area contributed by atoms with E-state index in [9.17, 15) is 0 Å². The molecule has 0 nitrogen and oxygen atoms in total. The van der Waals surface area contributed by atoms with E-state index in [0.29, 0.717) is 5.41 Å².